The number of rotatable bonds is 5. The summed E-state index contributed by atoms with van der Waals surface area (Å²) < 4.78 is 0. The van der Waals surface area contributed by atoms with E-state index in [1.165, 1.54) is 11.8 Å². The molecule has 14 heavy (non-hydrogen) atoms. The average Bonchev–Trinajstić information content (AvgIpc) is 2.17. The van der Waals surface area contributed by atoms with Gasteiger partial charge in [0.25, 0.3) is 0 Å². The molecule has 0 radical (unpaired) electrons. The Balaban J connectivity index is 2.53. The Labute approximate surface area is 87.3 Å². The maximum atomic E-state index is 10.5. The van der Waals surface area contributed by atoms with E-state index in [4.69, 9.17) is 10.8 Å². The van der Waals surface area contributed by atoms with Crippen LogP contribution in [0, 0.1) is 0 Å². The van der Waals surface area contributed by atoms with Crippen molar-refractivity contribution < 1.29 is 9.90 Å². The van der Waals surface area contributed by atoms with Gasteiger partial charge in [0.05, 0.1) is 6.42 Å². The summed E-state index contributed by atoms with van der Waals surface area (Å²) in [5.41, 5.74) is 5.48. The zero-order valence-corrected chi connectivity index (χ0v) is 8.54. The molecule has 1 atom stereocenters. The first-order chi connectivity index (χ1) is 6.72. The maximum absolute atomic E-state index is 10.5. The summed E-state index contributed by atoms with van der Waals surface area (Å²) in [6.07, 6.45) is 0.107. The first-order valence-corrected chi connectivity index (χ1v) is 5.24. The molecule has 1 rings (SSSR count). The Bertz CT molecular complexity index is 289. The van der Waals surface area contributed by atoms with Crippen molar-refractivity contribution in [3.05, 3.63) is 30.3 Å². The van der Waals surface area contributed by atoms with E-state index < -0.39 is 5.97 Å². The molecule has 0 heterocycles. The highest BCUT2D eigenvalue weighted by atomic mass is 32.2. The summed E-state index contributed by atoms with van der Waals surface area (Å²) in [5, 5.41) is 8.58. The topological polar surface area (TPSA) is 63.3 Å². The zero-order chi connectivity index (χ0) is 10.4. The molecule has 0 fully saturated rings. The number of carboxylic acid groups (broad SMARTS) is 1. The molecule has 3 nitrogen and oxygen atoms in total. The van der Waals surface area contributed by atoms with Crippen LogP contribution in [0.15, 0.2) is 35.2 Å². The molecule has 1 unspecified atom stereocenters. The Morgan fingerprint density at radius 1 is 1.43 bits per heavy atom. The van der Waals surface area contributed by atoms with Gasteiger partial charge in [-0.3, -0.25) is 4.79 Å². The van der Waals surface area contributed by atoms with E-state index in [0.29, 0.717) is 6.54 Å². The van der Waals surface area contributed by atoms with Crippen molar-refractivity contribution in [1.29, 1.82) is 0 Å². The molecule has 0 amide bonds. The van der Waals surface area contributed by atoms with Crippen molar-refractivity contribution in [2.45, 2.75) is 16.6 Å². The zero-order valence-electron chi connectivity index (χ0n) is 7.72. The Morgan fingerprint density at radius 2 is 2.07 bits per heavy atom. The summed E-state index contributed by atoms with van der Waals surface area (Å²) >= 11 is 1.51. The van der Waals surface area contributed by atoms with Gasteiger partial charge in [0.15, 0.2) is 0 Å². The van der Waals surface area contributed by atoms with Gasteiger partial charge < -0.3 is 10.8 Å². The molecule has 0 saturated carbocycles. The van der Waals surface area contributed by atoms with Gasteiger partial charge in [-0.2, -0.15) is 0 Å². The molecule has 0 aliphatic heterocycles. The van der Waals surface area contributed by atoms with Crippen LogP contribution in [0.1, 0.15) is 6.42 Å². The van der Waals surface area contributed by atoms with Crippen LogP contribution in [-0.2, 0) is 4.79 Å². The van der Waals surface area contributed by atoms with Gasteiger partial charge in [0, 0.05) is 16.7 Å². The first kappa shape index (κ1) is 11.1. The smallest absolute Gasteiger partial charge is 0.304 e. The minimum Gasteiger partial charge on any atom is -0.481 e. The van der Waals surface area contributed by atoms with Crippen molar-refractivity contribution in [3.8, 4) is 0 Å². The minimum atomic E-state index is -0.802. The van der Waals surface area contributed by atoms with Crippen molar-refractivity contribution in [3.63, 3.8) is 0 Å². The van der Waals surface area contributed by atoms with Gasteiger partial charge in [0.2, 0.25) is 0 Å². The van der Waals surface area contributed by atoms with E-state index >= 15 is 0 Å². The molecule has 0 spiro atoms. The fraction of sp³-hybridized carbons (Fsp3) is 0.300. The number of carboxylic acids is 1. The number of benzene rings is 1. The van der Waals surface area contributed by atoms with E-state index in [1.807, 2.05) is 30.3 Å². The third kappa shape index (κ3) is 3.81. The lowest BCUT2D eigenvalue weighted by Gasteiger charge is -2.11. The molecule has 0 aliphatic carbocycles. The summed E-state index contributed by atoms with van der Waals surface area (Å²) in [5.74, 6) is -0.802. The Morgan fingerprint density at radius 3 is 2.57 bits per heavy atom. The first-order valence-electron chi connectivity index (χ1n) is 4.36. The van der Waals surface area contributed by atoms with Gasteiger partial charge in [-0.1, -0.05) is 18.2 Å². The number of carbonyl (C=O) groups is 1. The molecule has 0 saturated heterocycles. The quantitative estimate of drug-likeness (QED) is 0.726. The van der Waals surface area contributed by atoms with Crippen molar-refractivity contribution in [1.82, 2.24) is 0 Å². The highest BCUT2D eigenvalue weighted by molar-refractivity contribution is 8.00. The van der Waals surface area contributed by atoms with Crippen LogP contribution in [0.3, 0.4) is 0 Å². The van der Waals surface area contributed by atoms with Crippen LogP contribution in [0.5, 0.6) is 0 Å². The SMILES string of the molecule is NCC(CC(=O)O)Sc1ccccc1. The molecule has 0 aromatic heterocycles. The monoisotopic (exact) mass is 211 g/mol. The van der Waals surface area contributed by atoms with Crippen LogP contribution < -0.4 is 5.73 Å². The summed E-state index contributed by atoms with van der Waals surface area (Å²) in [7, 11) is 0. The predicted octanol–water partition coefficient (Wildman–Crippen LogP) is 1.58. The molecular formula is C10H13NO2S. The normalized spacial score (nSPS) is 12.4. The molecule has 1 aromatic rings. The second-order valence-electron chi connectivity index (χ2n) is 2.89. The highest BCUT2D eigenvalue weighted by Gasteiger charge is 2.12. The molecule has 0 bridgehead atoms. The third-order valence-corrected chi connectivity index (χ3v) is 2.95. The lowest BCUT2D eigenvalue weighted by Crippen LogP contribution is -2.20. The summed E-state index contributed by atoms with van der Waals surface area (Å²) in [6, 6.07) is 9.69. The number of thioether (sulfide) groups is 1. The van der Waals surface area contributed by atoms with Gasteiger partial charge in [0.1, 0.15) is 0 Å². The lowest BCUT2D eigenvalue weighted by molar-refractivity contribution is -0.136. The average molecular weight is 211 g/mol. The standard InChI is InChI=1S/C10H13NO2S/c11-7-9(6-10(12)13)14-8-4-2-1-3-5-8/h1-5,9H,6-7,11H2,(H,12,13). The Hall–Kier alpha value is -1.00. The van der Waals surface area contributed by atoms with Crippen LogP contribution in [-0.4, -0.2) is 22.9 Å². The third-order valence-electron chi connectivity index (χ3n) is 1.71. The molecule has 4 heteroatoms. The fourth-order valence-electron chi connectivity index (χ4n) is 1.06. The van der Waals surface area contributed by atoms with Gasteiger partial charge >= 0.3 is 5.97 Å². The van der Waals surface area contributed by atoms with Crippen molar-refractivity contribution >= 4 is 17.7 Å². The number of hydrogen-bond acceptors (Lipinski definition) is 3. The second-order valence-corrected chi connectivity index (χ2v) is 4.26. The number of aliphatic carboxylic acids is 1. The van der Waals surface area contributed by atoms with Crippen molar-refractivity contribution in [2.75, 3.05) is 6.54 Å². The van der Waals surface area contributed by atoms with E-state index in [9.17, 15) is 4.79 Å². The highest BCUT2D eigenvalue weighted by Crippen LogP contribution is 2.24. The minimum absolute atomic E-state index is 0.0464. The maximum Gasteiger partial charge on any atom is 0.304 e. The summed E-state index contributed by atoms with van der Waals surface area (Å²) in [4.78, 5) is 11.5. The summed E-state index contributed by atoms with van der Waals surface area (Å²) in [6.45, 7) is 0.381. The van der Waals surface area contributed by atoms with Crippen LogP contribution >= 0.6 is 11.8 Å². The predicted molar refractivity (Wildman–Crippen MR) is 57.4 cm³/mol. The molecule has 76 valence electrons. The van der Waals surface area contributed by atoms with E-state index in [1.54, 1.807) is 0 Å². The van der Waals surface area contributed by atoms with E-state index in [0.717, 1.165) is 4.90 Å². The molecule has 0 aliphatic rings. The van der Waals surface area contributed by atoms with Crippen molar-refractivity contribution in [2.24, 2.45) is 5.73 Å². The van der Waals surface area contributed by atoms with Gasteiger partial charge in [-0.25, -0.2) is 0 Å². The number of nitrogens with two attached hydrogens (primary N) is 1. The molecular weight excluding hydrogens is 198 g/mol. The van der Waals surface area contributed by atoms with Gasteiger partial charge in [-0.05, 0) is 12.1 Å². The fourth-order valence-corrected chi connectivity index (χ4v) is 2.08. The number of hydrogen-bond donors (Lipinski definition) is 2. The molecule has 1 aromatic carbocycles. The van der Waals surface area contributed by atoms with E-state index in [2.05, 4.69) is 0 Å². The second kappa shape index (κ2) is 5.67. The van der Waals surface area contributed by atoms with E-state index in [-0.39, 0.29) is 11.7 Å². The lowest BCUT2D eigenvalue weighted by atomic mass is 10.3. The van der Waals surface area contributed by atoms with Gasteiger partial charge in [-0.15, -0.1) is 11.8 Å². The largest absolute Gasteiger partial charge is 0.481 e. The Kier molecular flexibility index (Phi) is 4.49. The van der Waals surface area contributed by atoms with Crippen LogP contribution in [0.2, 0.25) is 0 Å². The van der Waals surface area contributed by atoms with Crippen LogP contribution in [0.4, 0.5) is 0 Å². The molecule has 3 N–H and O–H groups in total. The van der Waals surface area contributed by atoms with Crippen LogP contribution in [0.25, 0.3) is 0 Å².